The van der Waals surface area contributed by atoms with Crippen LogP contribution >= 0.6 is 11.6 Å². The summed E-state index contributed by atoms with van der Waals surface area (Å²) in [7, 11) is -2.80. The molecule has 4 nitrogen and oxygen atoms in total. The summed E-state index contributed by atoms with van der Waals surface area (Å²) in [5, 5.41) is 0.488. The van der Waals surface area contributed by atoms with Gasteiger partial charge in [0.15, 0.2) is 17.4 Å². The molecule has 1 aliphatic rings. The number of hydrogen-bond donors (Lipinski definition) is 1. The first-order valence-electron chi connectivity index (χ1n) is 9.24. The second kappa shape index (κ2) is 7.46. The topological polar surface area (TPSA) is 72.5 Å². The Morgan fingerprint density at radius 1 is 1.23 bits per heavy atom. The Bertz CT molecular complexity index is 1160. The maximum atomic E-state index is 14.8. The van der Waals surface area contributed by atoms with Crippen LogP contribution in [0.15, 0.2) is 41.4 Å². The van der Waals surface area contributed by atoms with E-state index in [2.05, 4.69) is 10.9 Å². The molecule has 0 radical (unpaired) electrons. The Morgan fingerprint density at radius 3 is 2.40 bits per heavy atom. The van der Waals surface area contributed by atoms with Crippen molar-refractivity contribution in [2.45, 2.75) is 37.5 Å². The van der Waals surface area contributed by atoms with Crippen LogP contribution in [0.1, 0.15) is 42.3 Å². The lowest BCUT2D eigenvalue weighted by molar-refractivity contribution is 0.0993. The van der Waals surface area contributed by atoms with E-state index >= 15 is 0 Å². The van der Waals surface area contributed by atoms with Gasteiger partial charge in [-0.1, -0.05) is 11.6 Å². The molecule has 8 heteroatoms. The minimum atomic E-state index is -2.80. The Hall–Kier alpha value is -2.25. The summed E-state index contributed by atoms with van der Waals surface area (Å²) in [6.45, 7) is 4.88. The third-order valence-corrected chi connectivity index (χ3v) is 8.98. The lowest BCUT2D eigenvalue weighted by Crippen LogP contribution is -2.54. The molecule has 0 fully saturated rings. The van der Waals surface area contributed by atoms with Gasteiger partial charge in [0.2, 0.25) is 0 Å². The zero-order valence-corrected chi connectivity index (χ0v) is 18.5. The van der Waals surface area contributed by atoms with Crippen molar-refractivity contribution in [2.24, 2.45) is 10.7 Å². The molecule has 1 unspecified atom stereocenters. The number of carbonyl (C=O) groups is 1. The van der Waals surface area contributed by atoms with Gasteiger partial charge < -0.3 is 5.73 Å². The van der Waals surface area contributed by atoms with Crippen LogP contribution < -0.4 is 5.73 Å². The van der Waals surface area contributed by atoms with Crippen molar-refractivity contribution in [2.75, 3.05) is 5.75 Å². The summed E-state index contributed by atoms with van der Waals surface area (Å²) >= 11 is 5.84. The number of nitrogens with zero attached hydrogens (tertiary/aromatic N) is 1. The van der Waals surface area contributed by atoms with Gasteiger partial charge in [-0.2, -0.15) is 0 Å². The van der Waals surface area contributed by atoms with Gasteiger partial charge in [0.25, 0.3) is 0 Å². The molecule has 0 aliphatic carbocycles. The third-order valence-electron chi connectivity index (χ3n) is 5.63. The molecule has 0 bridgehead atoms. The molecule has 2 aromatic rings. The van der Waals surface area contributed by atoms with Crippen molar-refractivity contribution in [1.82, 2.24) is 0 Å². The average Bonchev–Trinajstić information content (AvgIpc) is 2.63. The van der Waals surface area contributed by atoms with Crippen LogP contribution in [0.2, 0.25) is 5.02 Å². The largest absolute Gasteiger partial charge is 0.386 e. The predicted octanol–water partition coefficient (Wildman–Crippen LogP) is 4.12. The number of ketones is 1. The highest BCUT2D eigenvalue weighted by atomic mass is 35.5. The highest BCUT2D eigenvalue weighted by Gasteiger charge is 2.46. The Morgan fingerprint density at radius 2 is 1.83 bits per heavy atom. The van der Waals surface area contributed by atoms with Gasteiger partial charge in [0.05, 0.1) is 10.3 Å². The van der Waals surface area contributed by atoms with E-state index in [4.69, 9.17) is 17.3 Å². The van der Waals surface area contributed by atoms with Crippen molar-refractivity contribution < 1.29 is 17.8 Å². The SMILES string of the molecule is C=S1(=O)C[C@@](C)(c2cc(CC(=O)c3ccc(Cl)cc3)cc(F)c2F)N=C(N)C1(C)C. The molecule has 1 heterocycles. The predicted molar refractivity (Wildman–Crippen MR) is 119 cm³/mol. The lowest BCUT2D eigenvalue weighted by Gasteiger charge is -2.41. The van der Waals surface area contributed by atoms with E-state index in [1.165, 1.54) is 6.07 Å². The zero-order valence-electron chi connectivity index (χ0n) is 17.0. The zero-order chi connectivity index (χ0) is 22.5. The number of rotatable bonds is 4. The molecule has 2 aromatic carbocycles. The van der Waals surface area contributed by atoms with Crippen LogP contribution in [0.5, 0.6) is 0 Å². The Balaban J connectivity index is 2.05. The highest BCUT2D eigenvalue weighted by Crippen LogP contribution is 2.38. The fourth-order valence-electron chi connectivity index (χ4n) is 3.46. The summed E-state index contributed by atoms with van der Waals surface area (Å²) in [5.41, 5.74) is 5.25. The smallest absolute Gasteiger partial charge is 0.167 e. The van der Waals surface area contributed by atoms with E-state index in [-0.39, 0.29) is 34.9 Å². The number of benzene rings is 2. The number of aliphatic imine (C=N–C) groups is 1. The van der Waals surface area contributed by atoms with Crippen molar-refractivity contribution in [3.8, 4) is 0 Å². The first-order chi connectivity index (χ1) is 13.8. The molecule has 0 amide bonds. The molecule has 30 heavy (non-hydrogen) atoms. The molecule has 3 rings (SSSR count). The quantitative estimate of drug-likeness (QED) is 0.560. The van der Waals surface area contributed by atoms with Crippen LogP contribution in [0.25, 0.3) is 0 Å². The maximum Gasteiger partial charge on any atom is 0.167 e. The van der Waals surface area contributed by atoms with Gasteiger partial charge >= 0.3 is 0 Å². The first kappa shape index (κ1) is 22.4. The molecule has 2 atom stereocenters. The van der Waals surface area contributed by atoms with E-state index in [1.807, 2.05) is 0 Å². The maximum absolute atomic E-state index is 14.8. The monoisotopic (exact) mass is 452 g/mol. The second-order valence-corrected chi connectivity index (χ2v) is 11.7. The Kier molecular flexibility index (Phi) is 5.58. The first-order valence-corrected chi connectivity index (χ1v) is 11.5. The van der Waals surface area contributed by atoms with Crippen LogP contribution in [0.4, 0.5) is 8.78 Å². The van der Waals surface area contributed by atoms with Crippen LogP contribution in [0, 0.1) is 11.6 Å². The van der Waals surface area contributed by atoms with Crippen LogP contribution in [0.3, 0.4) is 0 Å². The fraction of sp³-hybridized carbons (Fsp3) is 0.318. The number of hydrogen-bond acceptors (Lipinski definition) is 4. The minimum Gasteiger partial charge on any atom is -0.386 e. The summed E-state index contributed by atoms with van der Waals surface area (Å²) < 4.78 is 41.4. The fourth-order valence-corrected chi connectivity index (χ4v) is 5.50. The van der Waals surface area contributed by atoms with Gasteiger partial charge in [0.1, 0.15) is 5.84 Å². The van der Waals surface area contributed by atoms with Gasteiger partial charge in [-0.05, 0) is 78.1 Å². The molecule has 0 saturated carbocycles. The van der Waals surface area contributed by atoms with Crippen LogP contribution in [-0.4, -0.2) is 32.2 Å². The van der Waals surface area contributed by atoms with Gasteiger partial charge in [-0.25, -0.2) is 8.78 Å². The van der Waals surface area contributed by atoms with Gasteiger partial charge in [0, 0.05) is 28.3 Å². The standard InChI is InChI=1S/C22H23ClF2N2O2S/c1-21(2)20(26)27-22(3,12-30(21,4)29)16-9-13(10-17(24)19(16)25)11-18(28)14-5-7-15(23)8-6-14/h5-10H,4,11-12H2,1-3H3,(H2,26,27)/t22-,30?/m0/s1. The summed E-state index contributed by atoms with van der Waals surface area (Å²) in [6, 6.07) is 8.67. The van der Waals surface area contributed by atoms with E-state index < -0.39 is 31.4 Å². The van der Waals surface area contributed by atoms with E-state index in [0.717, 1.165) is 6.07 Å². The molecule has 0 saturated heterocycles. The molecular weight excluding hydrogens is 430 g/mol. The number of carbonyl (C=O) groups excluding carboxylic acids is 1. The van der Waals surface area contributed by atoms with Crippen molar-refractivity contribution in [3.63, 3.8) is 0 Å². The lowest BCUT2D eigenvalue weighted by atomic mass is 9.90. The third kappa shape index (κ3) is 3.88. The van der Waals surface area contributed by atoms with Gasteiger partial charge in [-0.3, -0.25) is 14.0 Å². The van der Waals surface area contributed by atoms with Gasteiger partial charge in [-0.15, -0.1) is 0 Å². The second-order valence-electron chi connectivity index (χ2n) is 8.28. The molecular formula is C22H23ClF2N2O2S. The highest BCUT2D eigenvalue weighted by molar-refractivity contribution is 8.02. The van der Waals surface area contributed by atoms with E-state index in [9.17, 15) is 17.8 Å². The number of amidine groups is 1. The number of halogens is 3. The van der Waals surface area contributed by atoms with E-state index in [1.54, 1.807) is 45.0 Å². The summed E-state index contributed by atoms with van der Waals surface area (Å²) in [5.74, 6) is 1.29. The molecule has 0 aromatic heterocycles. The Labute approximate surface area is 180 Å². The average molecular weight is 453 g/mol. The van der Waals surface area contributed by atoms with Crippen LogP contribution in [-0.2, 0) is 21.5 Å². The normalized spacial score (nSPS) is 25.6. The van der Waals surface area contributed by atoms with E-state index in [0.29, 0.717) is 10.6 Å². The molecule has 0 spiro atoms. The summed E-state index contributed by atoms with van der Waals surface area (Å²) in [6.07, 6.45) is -0.146. The minimum absolute atomic E-state index is 0.0682. The molecule has 2 N–H and O–H groups in total. The van der Waals surface area contributed by atoms with Crippen molar-refractivity contribution >= 4 is 38.6 Å². The summed E-state index contributed by atoms with van der Waals surface area (Å²) in [4.78, 5) is 17.0. The van der Waals surface area contributed by atoms with Crippen molar-refractivity contribution in [1.29, 1.82) is 0 Å². The number of Topliss-reactive ketones (excluding diaryl/α,β-unsaturated/α-hetero) is 1. The molecule has 160 valence electrons. The number of nitrogens with two attached hydrogens (primary N) is 1. The molecule has 1 aliphatic heterocycles. The van der Waals surface area contributed by atoms with Crippen molar-refractivity contribution in [3.05, 3.63) is 69.7 Å².